The van der Waals surface area contributed by atoms with E-state index in [4.69, 9.17) is 11.6 Å². The van der Waals surface area contributed by atoms with Crippen molar-refractivity contribution in [3.8, 4) is 0 Å². The van der Waals surface area contributed by atoms with Crippen LogP contribution < -0.4 is 15.5 Å². The smallest absolute Gasteiger partial charge is 0.317 e. The van der Waals surface area contributed by atoms with Gasteiger partial charge in [0.2, 0.25) is 5.91 Å². The molecule has 1 aliphatic heterocycles. The molecule has 0 unspecified atom stereocenters. The fourth-order valence-electron chi connectivity index (χ4n) is 3.06. The maximum atomic E-state index is 12.1. The Balaban J connectivity index is 1.81. The Morgan fingerprint density at radius 3 is 2.50 bits per heavy atom. The third-order valence-corrected chi connectivity index (χ3v) is 5.80. The van der Waals surface area contributed by atoms with E-state index < -0.39 is 0 Å². The number of nitrogens with zero attached hydrogens (tertiary/aromatic N) is 4. The van der Waals surface area contributed by atoms with E-state index in [1.165, 1.54) is 24.6 Å². The quantitative estimate of drug-likeness (QED) is 0.230. The number of rotatable bonds is 11. The highest BCUT2D eigenvalue weighted by Gasteiger charge is 2.22. The first kappa shape index (κ1) is 24.5. The van der Waals surface area contributed by atoms with Crippen LogP contribution in [-0.2, 0) is 4.79 Å². The zero-order valence-electron chi connectivity index (χ0n) is 18.0. The molecule has 0 saturated carbocycles. The first-order chi connectivity index (χ1) is 14.5. The van der Waals surface area contributed by atoms with Crippen LogP contribution in [0, 0.1) is 0 Å². The highest BCUT2D eigenvalue weighted by Crippen LogP contribution is 2.22. The van der Waals surface area contributed by atoms with E-state index in [1.54, 1.807) is 6.07 Å². The lowest BCUT2D eigenvalue weighted by atomic mass is 10.2. The average molecular weight is 457 g/mol. The topological polar surface area (TPSA) is 90.5 Å². The van der Waals surface area contributed by atoms with Gasteiger partial charge in [-0.25, -0.2) is 14.8 Å². The van der Waals surface area contributed by atoms with Gasteiger partial charge in [-0.3, -0.25) is 4.79 Å². The monoisotopic (exact) mass is 456 g/mol. The standard InChI is InChI=1S/C20H33ClN6O2S/c1-3-5-6-7-9-22-18(28)15-30-19-24-16(21)14-17(25-19)26-10-12-27(13-11-26)20(29)23-8-4-2/h14H,3-13,15H2,1-2H3,(H,22,28)(H,23,29). The molecule has 10 heteroatoms. The van der Waals surface area contributed by atoms with Gasteiger partial charge in [-0.15, -0.1) is 0 Å². The Labute approximate surface area is 188 Å². The molecule has 8 nitrogen and oxygen atoms in total. The molecule has 1 aromatic rings. The summed E-state index contributed by atoms with van der Waals surface area (Å²) in [7, 11) is 0. The van der Waals surface area contributed by atoms with Crippen molar-refractivity contribution in [1.29, 1.82) is 0 Å². The molecule has 2 rings (SSSR count). The normalized spacial score (nSPS) is 14.0. The van der Waals surface area contributed by atoms with Gasteiger partial charge in [0.25, 0.3) is 0 Å². The van der Waals surface area contributed by atoms with Gasteiger partial charge < -0.3 is 20.4 Å². The minimum Gasteiger partial charge on any atom is -0.355 e. The summed E-state index contributed by atoms with van der Waals surface area (Å²) in [5, 5.41) is 6.68. The molecule has 0 spiro atoms. The first-order valence-corrected chi connectivity index (χ1v) is 12.1. The largest absolute Gasteiger partial charge is 0.355 e. The van der Waals surface area contributed by atoms with Gasteiger partial charge in [0.1, 0.15) is 11.0 Å². The van der Waals surface area contributed by atoms with Crippen molar-refractivity contribution in [2.45, 2.75) is 51.1 Å². The van der Waals surface area contributed by atoms with Crippen LogP contribution in [0.2, 0.25) is 5.15 Å². The lowest BCUT2D eigenvalue weighted by Gasteiger charge is -2.35. The van der Waals surface area contributed by atoms with Crippen LogP contribution in [0.4, 0.5) is 10.6 Å². The maximum Gasteiger partial charge on any atom is 0.317 e. The van der Waals surface area contributed by atoms with Crippen molar-refractivity contribution in [2.75, 3.05) is 49.9 Å². The average Bonchev–Trinajstić information content (AvgIpc) is 2.75. The molecular formula is C20H33ClN6O2S. The Morgan fingerprint density at radius 2 is 1.80 bits per heavy atom. The fraction of sp³-hybridized carbons (Fsp3) is 0.700. The van der Waals surface area contributed by atoms with E-state index in [2.05, 4.69) is 32.4 Å². The van der Waals surface area contributed by atoms with Crippen molar-refractivity contribution in [3.63, 3.8) is 0 Å². The second-order valence-electron chi connectivity index (χ2n) is 7.24. The van der Waals surface area contributed by atoms with Gasteiger partial charge in [0.15, 0.2) is 5.16 Å². The summed E-state index contributed by atoms with van der Waals surface area (Å²) < 4.78 is 0. The minimum absolute atomic E-state index is 0.0193. The molecule has 1 fully saturated rings. The van der Waals surface area contributed by atoms with Crippen LogP contribution in [0.15, 0.2) is 11.2 Å². The van der Waals surface area contributed by atoms with Gasteiger partial charge in [-0.1, -0.05) is 56.5 Å². The van der Waals surface area contributed by atoms with E-state index in [-0.39, 0.29) is 17.7 Å². The number of carbonyl (C=O) groups is 2. The van der Waals surface area contributed by atoms with Crippen molar-refractivity contribution in [3.05, 3.63) is 11.2 Å². The lowest BCUT2D eigenvalue weighted by molar-refractivity contribution is -0.118. The molecule has 168 valence electrons. The summed E-state index contributed by atoms with van der Waals surface area (Å²) in [5.74, 6) is 0.971. The predicted molar refractivity (Wildman–Crippen MR) is 122 cm³/mol. The maximum absolute atomic E-state index is 12.1. The van der Waals surface area contributed by atoms with E-state index in [1.807, 2.05) is 11.8 Å². The molecule has 1 aromatic heterocycles. The van der Waals surface area contributed by atoms with E-state index in [0.29, 0.717) is 49.6 Å². The van der Waals surface area contributed by atoms with Crippen LogP contribution in [-0.4, -0.2) is 71.8 Å². The molecule has 3 amide bonds. The molecule has 0 bridgehead atoms. The zero-order chi connectivity index (χ0) is 21.8. The molecule has 0 radical (unpaired) electrons. The van der Waals surface area contributed by atoms with Gasteiger partial charge in [-0.2, -0.15) is 0 Å². The second kappa shape index (κ2) is 13.5. The Kier molecular flexibility index (Phi) is 11.1. The fourth-order valence-corrected chi connectivity index (χ4v) is 3.97. The minimum atomic E-state index is -0.0201. The van der Waals surface area contributed by atoms with Crippen molar-refractivity contribution in [2.24, 2.45) is 0 Å². The number of anilines is 1. The Morgan fingerprint density at radius 1 is 1.03 bits per heavy atom. The number of hydrogen-bond donors (Lipinski definition) is 2. The zero-order valence-corrected chi connectivity index (χ0v) is 19.5. The van der Waals surface area contributed by atoms with Gasteiger partial charge in [0.05, 0.1) is 5.75 Å². The molecule has 0 atom stereocenters. The van der Waals surface area contributed by atoms with Crippen LogP contribution in [0.25, 0.3) is 0 Å². The molecule has 2 N–H and O–H groups in total. The highest BCUT2D eigenvalue weighted by atomic mass is 35.5. The first-order valence-electron chi connectivity index (χ1n) is 10.7. The molecular weight excluding hydrogens is 424 g/mol. The van der Waals surface area contributed by atoms with Crippen LogP contribution in [0.3, 0.4) is 0 Å². The SMILES string of the molecule is CCCCCCNC(=O)CSc1nc(Cl)cc(N2CCN(C(=O)NCCC)CC2)n1. The number of piperazine rings is 1. The molecule has 1 aliphatic rings. The van der Waals surface area contributed by atoms with Crippen LogP contribution >= 0.6 is 23.4 Å². The third-order valence-electron chi connectivity index (χ3n) is 4.76. The molecule has 2 heterocycles. The number of halogens is 1. The van der Waals surface area contributed by atoms with E-state index in [0.717, 1.165) is 25.1 Å². The Bertz CT molecular complexity index is 685. The van der Waals surface area contributed by atoms with Crippen LogP contribution in [0.1, 0.15) is 46.0 Å². The van der Waals surface area contributed by atoms with E-state index in [9.17, 15) is 9.59 Å². The number of urea groups is 1. The second-order valence-corrected chi connectivity index (χ2v) is 8.57. The number of carbonyl (C=O) groups excluding carboxylic acids is 2. The van der Waals surface area contributed by atoms with Gasteiger partial charge in [0, 0.05) is 45.3 Å². The predicted octanol–water partition coefficient (Wildman–Crippen LogP) is 3.16. The van der Waals surface area contributed by atoms with Crippen molar-refractivity contribution in [1.82, 2.24) is 25.5 Å². The van der Waals surface area contributed by atoms with Crippen molar-refractivity contribution >= 4 is 41.1 Å². The number of hydrogen-bond acceptors (Lipinski definition) is 6. The summed E-state index contributed by atoms with van der Waals surface area (Å²) in [6.45, 7) is 8.19. The summed E-state index contributed by atoms with van der Waals surface area (Å²) in [5.41, 5.74) is 0. The highest BCUT2D eigenvalue weighted by molar-refractivity contribution is 7.99. The van der Waals surface area contributed by atoms with E-state index >= 15 is 0 Å². The Hall–Kier alpha value is -1.74. The van der Waals surface area contributed by atoms with Gasteiger partial charge in [-0.05, 0) is 12.8 Å². The van der Waals surface area contributed by atoms with Gasteiger partial charge >= 0.3 is 6.03 Å². The summed E-state index contributed by atoms with van der Waals surface area (Å²) in [6.07, 6.45) is 5.44. The molecule has 0 aliphatic carbocycles. The number of nitrogens with one attached hydrogen (secondary N) is 2. The number of amides is 3. The summed E-state index contributed by atoms with van der Waals surface area (Å²) in [6, 6.07) is 1.71. The summed E-state index contributed by atoms with van der Waals surface area (Å²) in [4.78, 5) is 36.8. The number of aromatic nitrogens is 2. The van der Waals surface area contributed by atoms with Crippen LogP contribution in [0.5, 0.6) is 0 Å². The third kappa shape index (κ3) is 8.55. The molecule has 1 saturated heterocycles. The lowest BCUT2D eigenvalue weighted by Crippen LogP contribution is -2.52. The molecule has 0 aromatic carbocycles. The number of thioether (sulfide) groups is 1. The summed E-state index contributed by atoms with van der Waals surface area (Å²) >= 11 is 7.47. The number of unbranched alkanes of at least 4 members (excludes halogenated alkanes) is 3. The van der Waals surface area contributed by atoms with Crippen molar-refractivity contribution < 1.29 is 9.59 Å². The molecule has 30 heavy (non-hydrogen) atoms.